The highest BCUT2D eigenvalue weighted by molar-refractivity contribution is 8.15. The number of rotatable bonds is 0. The first kappa shape index (κ1) is 12.4. The molecule has 0 amide bonds. The van der Waals surface area contributed by atoms with E-state index >= 15 is 0 Å². The molecule has 0 spiro atoms. The number of halogens is 4. The van der Waals surface area contributed by atoms with Gasteiger partial charge in [0.2, 0.25) is 5.12 Å². The summed E-state index contributed by atoms with van der Waals surface area (Å²) in [7, 11) is 0. The third kappa shape index (κ3) is 1.45. The van der Waals surface area contributed by atoms with Gasteiger partial charge in [-0.25, -0.2) is 0 Å². The minimum atomic E-state index is -1.30. The fourth-order valence-corrected chi connectivity index (χ4v) is 5.45. The zero-order valence-corrected chi connectivity index (χ0v) is 12.1. The Kier molecular flexibility index (Phi) is 2.71. The highest BCUT2D eigenvalue weighted by Crippen LogP contribution is 2.70. The van der Waals surface area contributed by atoms with Crippen LogP contribution in [0.25, 0.3) is 0 Å². The maximum atomic E-state index is 11.9. The molecule has 1 aliphatic carbocycles. The van der Waals surface area contributed by atoms with E-state index < -0.39 is 8.67 Å². The molecule has 0 radical (unpaired) electrons. The average Bonchev–Trinajstić information content (AvgIpc) is 2.28. The number of hydrogen-bond acceptors (Lipinski definition) is 2. The van der Waals surface area contributed by atoms with Crippen LogP contribution in [-0.4, -0.2) is 19.0 Å². The van der Waals surface area contributed by atoms with Gasteiger partial charge in [-0.2, -0.15) is 0 Å². The topological polar surface area (TPSA) is 17.1 Å². The molecular weight excluding hydrogens is 322 g/mol. The van der Waals surface area contributed by atoms with Crippen LogP contribution in [-0.2, 0) is 0 Å². The first-order valence-electron chi connectivity index (χ1n) is 4.93. The van der Waals surface area contributed by atoms with Crippen molar-refractivity contribution in [2.24, 2.45) is 0 Å². The summed E-state index contributed by atoms with van der Waals surface area (Å²) in [6.45, 7) is 0. The lowest BCUT2D eigenvalue weighted by Crippen LogP contribution is -2.66. The SMILES string of the molecule is O=C1S[C@@H]2[C@H](c3ccccc31)C(Cl)(Cl)C2(Cl)Cl. The summed E-state index contributed by atoms with van der Waals surface area (Å²) in [5.41, 5.74) is 1.48. The maximum absolute atomic E-state index is 11.9. The van der Waals surface area contributed by atoms with Gasteiger partial charge < -0.3 is 0 Å². The summed E-state index contributed by atoms with van der Waals surface area (Å²) in [6.07, 6.45) is 0. The lowest BCUT2D eigenvalue weighted by molar-refractivity contribution is 0.108. The van der Waals surface area contributed by atoms with E-state index in [0.717, 1.165) is 17.3 Å². The van der Waals surface area contributed by atoms with Crippen LogP contribution < -0.4 is 0 Å². The molecule has 0 bridgehead atoms. The van der Waals surface area contributed by atoms with Gasteiger partial charge in [-0.15, -0.1) is 0 Å². The van der Waals surface area contributed by atoms with Gasteiger partial charge in [-0.1, -0.05) is 82.4 Å². The second kappa shape index (κ2) is 3.71. The Balaban J connectivity index is 2.16. The van der Waals surface area contributed by atoms with E-state index in [-0.39, 0.29) is 16.3 Å². The number of carbonyl (C=O) groups is 1. The van der Waals surface area contributed by atoms with Crippen molar-refractivity contribution in [1.82, 2.24) is 0 Å². The maximum Gasteiger partial charge on any atom is 0.220 e. The van der Waals surface area contributed by atoms with Crippen LogP contribution in [0.2, 0.25) is 0 Å². The van der Waals surface area contributed by atoms with Crippen LogP contribution >= 0.6 is 58.2 Å². The summed E-state index contributed by atoms with van der Waals surface area (Å²) in [6, 6.07) is 7.29. The second-order valence-corrected chi connectivity index (χ2v) is 8.02. The third-order valence-corrected chi connectivity index (χ3v) is 7.34. The fourth-order valence-electron chi connectivity index (χ4n) is 2.33. The first-order chi connectivity index (χ1) is 7.87. The summed E-state index contributed by atoms with van der Waals surface area (Å²) in [4.78, 5) is 11.9. The zero-order chi connectivity index (χ0) is 12.4. The molecule has 0 aromatic heterocycles. The number of carbonyl (C=O) groups excluding carboxylic acids is 1. The van der Waals surface area contributed by atoms with E-state index in [9.17, 15) is 4.79 Å². The third-order valence-electron chi connectivity index (χ3n) is 3.24. The molecule has 1 aromatic rings. The number of thioether (sulfide) groups is 1. The summed E-state index contributed by atoms with van der Waals surface area (Å²) in [5.74, 6) is -0.209. The Morgan fingerprint density at radius 2 is 1.71 bits per heavy atom. The van der Waals surface area contributed by atoms with E-state index in [1.165, 1.54) is 0 Å². The molecule has 1 aromatic carbocycles. The van der Waals surface area contributed by atoms with Gasteiger partial charge in [0.15, 0.2) is 8.67 Å². The quantitative estimate of drug-likeness (QED) is 0.657. The molecule has 1 heterocycles. The van der Waals surface area contributed by atoms with Crippen molar-refractivity contribution in [2.45, 2.75) is 19.8 Å². The minimum absolute atomic E-state index is 0.0311. The first-order valence-corrected chi connectivity index (χ1v) is 7.32. The average molecular weight is 328 g/mol. The van der Waals surface area contributed by atoms with Crippen molar-refractivity contribution >= 4 is 63.3 Å². The van der Waals surface area contributed by atoms with E-state index in [2.05, 4.69) is 0 Å². The Morgan fingerprint density at radius 1 is 1.06 bits per heavy atom. The van der Waals surface area contributed by atoms with Gasteiger partial charge >= 0.3 is 0 Å². The van der Waals surface area contributed by atoms with Crippen LogP contribution in [0, 0.1) is 0 Å². The normalized spacial score (nSPS) is 32.4. The summed E-state index contributed by atoms with van der Waals surface area (Å²) in [5, 5.41) is -0.320. The Labute approximate surface area is 123 Å². The van der Waals surface area contributed by atoms with Crippen LogP contribution in [0.5, 0.6) is 0 Å². The number of fused-ring (bicyclic) bond motifs is 3. The van der Waals surface area contributed by atoms with Gasteiger partial charge in [-0.3, -0.25) is 4.79 Å². The van der Waals surface area contributed by atoms with Crippen LogP contribution in [0.4, 0.5) is 0 Å². The van der Waals surface area contributed by atoms with E-state index in [4.69, 9.17) is 46.4 Å². The second-order valence-electron chi connectivity index (χ2n) is 4.14. The summed E-state index contributed by atoms with van der Waals surface area (Å²) >= 11 is 25.8. The minimum Gasteiger partial charge on any atom is -0.282 e. The van der Waals surface area contributed by atoms with Gasteiger partial charge in [0, 0.05) is 11.5 Å². The Hall–Kier alpha value is 0.400. The lowest BCUT2D eigenvalue weighted by atomic mass is 9.75. The molecule has 17 heavy (non-hydrogen) atoms. The molecule has 0 saturated heterocycles. The predicted molar refractivity (Wildman–Crippen MR) is 73.8 cm³/mol. The molecule has 1 fully saturated rings. The number of alkyl halides is 4. The van der Waals surface area contributed by atoms with E-state index in [1.54, 1.807) is 6.07 Å². The van der Waals surface area contributed by atoms with E-state index in [0.29, 0.717) is 5.56 Å². The Morgan fingerprint density at radius 3 is 2.41 bits per heavy atom. The Bertz CT molecular complexity index is 514. The highest BCUT2D eigenvalue weighted by atomic mass is 35.5. The van der Waals surface area contributed by atoms with Gasteiger partial charge in [0.25, 0.3) is 0 Å². The fraction of sp³-hybridized carbons (Fsp3) is 0.364. The monoisotopic (exact) mass is 326 g/mol. The van der Waals surface area contributed by atoms with Crippen molar-refractivity contribution in [2.75, 3.05) is 0 Å². The predicted octanol–water partition coefficient (Wildman–Crippen LogP) is 4.39. The molecule has 1 aliphatic heterocycles. The molecule has 2 atom stereocenters. The highest BCUT2D eigenvalue weighted by Gasteiger charge is 2.73. The molecule has 2 aliphatic rings. The van der Waals surface area contributed by atoms with Gasteiger partial charge in [-0.05, 0) is 5.56 Å². The summed E-state index contributed by atoms with van der Waals surface area (Å²) < 4.78 is -2.56. The molecule has 3 rings (SSSR count). The van der Waals surface area contributed by atoms with Crippen LogP contribution in [0.1, 0.15) is 21.8 Å². The van der Waals surface area contributed by atoms with Crippen molar-refractivity contribution in [3.05, 3.63) is 35.4 Å². The molecular formula is C11H6Cl4OS. The van der Waals surface area contributed by atoms with Crippen molar-refractivity contribution in [1.29, 1.82) is 0 Å². The molecule has 90 valence electrons. The molecule has 0 N–H and O–H groups in total. The lowest BCUT2D eigenvalue weighted by Gasteiger charge is -2.58. The van der Waals surface area contributed by atoms with Crippen molar-refractivity contribution in [3.8, 4) is 0 Å². The van der Waals surface area contributed by atoms with Crippen LogP contribution in [0.3, 0.4) is 0 Å². The van der Waals surface area contributed by atoms with Gasteiger partial charge in [0.05, 0.1) is 5.25 Å². The largest absolute Gasteiger partial charge is 0.282 e. The van der Waals surface area contributed by atoms with Crippen molar-refractivity contribution < 1.29 is 4.79 Å². The van der Waals surface area contributed by atoms with Gasteiger partial charge in [0.1, 0.15) is 0 Å². The number of benzene rings is 1. The number of hydrogen-bond donors (Lipinski definition) is 0. The molecule has 1 saturated carbocycles. The molecule has 0 unspecified atom stereocenters. The smallest absolute Gasteiger partial charge is 0.220 e. The molecule has 1 nitrogen and oxygen atoms in total. The standard InChI is InChI=1S/C11H6Cl4OS/c12-10(13)7-5-3-1-2-4-6(5)9(16)17-8(7)11(10,14)15/h1-4,7-8H/t7-,8+/m0/s1. The van der Waals surface area contributed by atoms with Crippen molar-refractivity contribution in [3.63, 3.8) is 0 Å². The van der Waals surface area contributed by atoms with Crippen LogP contribution in [0.15, 0.2) is 24.3 Å². The molecule has 6 heteroatoms. The van der Waals surface area contributed by atoms with E-state index in [1.807, 2.05) is 18.2 Å². The zero-order valence-electron chi connectivity index (χ0n) is 8.29.